The average Bonchev–Trinajstić information content (AvgIpc) is 3.39. The number of benzene rings is 1. The third-order valence-corrected chi connectivity index (χ3v) is 5.14. The molecule has 2 aliphatic rings. The summed E-state index contributed by atoms with van der Waals surface area (Å²) in [6, 6.07) is 6.15. The largest absolute Gasteiger partial charge is 0.486 e. The lowest BCUT2D eigenvalue weighted by Crippen LogP contribution is -2.39. The highest BCUT2D eigenvalue weighted by Crippen LogP contribution is 2.38. The number of amides is 2. The van der Waals surface area contributed by atoms with Crippen LogP contribution in [0.2, 0.25) is 0 Å². The second-order valence-corrected chi connectivity index (χ2v) is 6.99. The Hall–Kier alpha value is -2.70. The molecule has 7 heteroatoms. The summed E-state index contributed by atoms with van der Waals surface area (Å²) in [5, 5.41) is 3.07. The van der Waals surface area contributed by atoms with Gasteiger partial charge in [0.25, 0.3) is 0 Å². The van der Waals surface area contributed by atoms with Crippen LogP contribution in [-0.2, 0) is 6.54 Å². The molecule has 0 saturated carbocycles. The van der Waals surface area contributed by atoms with Crippen LogP contribution in [0.15, 0.2) is 36.9 Å². The summed E-state index contributed by atoms with van der Waals surface area (Å²) in [5.74, 6) is 1.57. The maximum atomic E-state index is 12.7. The molecule has 1 unspecified atom stereocenters. The molecule has 2 aromatic rings. The van der Waals surface area contributed by atoms with E-state index in [9.17, 15) is 4.79 Å². The zero-order valence-electron chi connectivity index (χ0n) is 15.5. The molecule has 144 valence electrons. The molecule has 1 fully saturated rings. The number of aryl methyl sites for hydroxylation is 1. The molecular weight excluding hydrogens is 344 g/mol. The number of unbranched alkanes of at least 4 members (excludes halogenated alkanes) is 1. The van der Waals surface area contributed by atoms with Gasteiger partial charge in [-0.15, -0.1) is 0 Å². The lowest BCUT2D eigenvalue weighted by atomic mass is 10.0. The number of nitrogens with one attached hydrogen (secondary N) is 1. The molecule has 0 radical (unpaired) electrons. The minimum Gasteiger partial charge on any atom is -0.486 e. The molecule has 1 N–H and O–H groups in total. The number of aromatic nitrogens is 2. The van der Waals surface area contributed by atoms with Crippen molar-refractivity contribution in [1.82, 2.24) is 19.8 Å². The van der Waals surface area contributed by atoms with Crippen molar-refractivity contribution in [2.24, 2.45) is 0 Å². The fraction of sp³-hybridized carbons (Fsp3) is 0.500. The maximum Gasteiger partial charge on any atom is 0.317 e. The first-order chi connectivity index (χ1) is 13.3. The summed E-state index contributed by atoms with van der Waals surface area (Å²) in [7, 11) is 0. The summed E-state index contributed by atoms with van der Waals surface area (Å²) < 4.78 is 13.3. The molecule has 1 aromatic heterocycles. The molecule has 0 bridgehead atoms. The van der Waals surface area contributed by atoms with Crippen molar-refractivity contribution in [3.8, 4) is 11.5 Å². The number of nitrogens with zero attached hydrogens (tertiary/aromatic N) is 3. The van der Waals surface area contributed by atoms with Crippen LogP contribution in [0.5, 0.6) is 11.5 Å². The standard InChI is InChI=1S/C20H26N4O3/c25-20(22-7-1-2-9-23-11-8-21-15-23)24-10-3-4-17(24)16-5-6-18-19(14-16)27-13-12-26-18/h5-6,8,11,14-15,17H,1-4,7,9-10,12-13H2,(H,22,25). The lowest BCUT2D eigenvalue weighted by Gasteiger charge is -2.27. The first-order valence-corrected chi connectivity index (χ1v) is 9.71. The number of carbonyl (C=O) groups is 1. The summed E-state index contributed by atoms with van der Waals surface area (Å²) in [5.41, 5.74) is 1.12. The molecule has 4 rings (SSSR count). The number of ether oxygens (including phenoxy) is 2. The zero-order valence-corrected chi connectivity index (χ0v) is 15.5. The second kappa shape index (κ2) is 8.33. The third-order valence-electron chi connectivity index (χ3n) is 5.14. The van der Waals surface area contributed by atoms with Crippen molar-refractivity contribution in [3.05, 3.63) is 42.5 Å². The zero-order chi connectivity index (χ0) is 18.5. The van der Waals surface area contributed by atoms with E-state index in [4.69, 9.17) is 9.47 Å². The van der Waals surface area contributed by atoms with Gasteiger partial charge in [-0.25, -0.2) is 9.78 Å². The van der Waals surface area contributed by atoms with Gasteiger partial charge in [-0.2, -0.15) is 0 Å². The van der Waals surface area contributed by atoms with Crippen LogP contribution in [0.25, 0.3) is 0 Å². The van der Waals surface area contributed by atoms with Gasteiger partial charge in [-0.3, -0.25) is 0 Å². The Bertz CT molecular complexity index is 763. The van der Waals surface area contributed by atoms with Crippen molar-refractivity contribution in [2.75, 3.05) is 26.3 Å². The summed E-state index contributed by atoms with van der Waals surface area (Å²) in [4.78, 5) is 18.6. The molecule has 1 atom stereocenters. The Labute approximate surface area is 159 Å². The molecular formula is C20H26N4O3. The highest BCUT2D eigenvalue weighted by Gasteiger charge is 2.30. The van der Waals surface area contributed by atoms with Crippen molar-refractivity contribution in [1.29, 1.82) is 0 Å². The van der Waals surface area contributed by atoms with Gasteiger partial charge in [0.05, 0.1) is 12.4 Å². The minimum absolute atomic E-state index is 0.0232. The number of carbonyl (C=O) groups excluding carboxylic acids is 1. The van der Waals surface area contributed by atoms with Crippen LogP contribution in [-0.4, -0.2) is 46.8 Å². The van der Waals surface area contributed by atoms with E-state index >= 15 is 0 Å². The number of hydrogen-bond donors (Lipinski definition) is 1. The predicted octanol–water partition coefficient (Wildman–Crippen LogP) is 2.98. The minimum atomic E-state index is 0.0232. The Morgan fingerprint density at radius 3 is 2.96 bits per heavy atom. The van der Waals surface area contributed by atoms with E-state index < -0.39 is 0 Å². The number of urea groups is 1. The van der Waals surface area contributed by atoms with E-state index in [-0.39, 0.29) is 12.1 Å². The molecule has 7 nitrogen and oxygen atoms in total. The molecule has 27 heavy (non-hydrogen) atoms. The summed E-state index contributed by atoms with van der Waals surface area (Å²) in [6.07, 6.45) is 9.53. The van der Waals surface area contributed by atoms with Crippen molar-refractivity contribution in [2.45, 2.75) is 38.3 Å². The predicted molar refractivity (Wildman–Crippen MR) is 101 cm³/mol. The number of likely N-dealkylation sites (tertiary alicyclic amines) is 1. The third kappa shape index (κ3) is 4.18. The van der Waals surface area contributed by atoms with Crippen LogP contribution >= 0.6 is 0 Å². The van der Waals surface area contributed by atoms with Crippen LogP contribution in [0.3, 0.4) is 0 Å². The van der Waals surface area contributed by atoms with Gasteiger partial charge in [0, 0.05) is 32.0 Å². The van der Waals surface area contributed by atoms with E-state index in [1.165, 1.54) is 0 Å². The lowest BCUT2D eigenvalue weighted by molar-refractivity contribution is 0.170. The summed E-state index contributed by atoms with van der Waals surface area (Å²) in [6.45, 7) is 3.58. The van der Waals surface area contributed by atoms with Gasteiger partial charge < -0.3 is 24.3 Å². The SMILES string of the molecule is O=C(NCCCCn1ccnc1)N1CCCC1c1ccc2c(c1)OCCO2. The van der Waals surface area contributed by atoms with E-state index in [0.717, 1.165) is 55.8 Å². The Balaban J connectivity index is 1.29. The van der Waals surface area contributed by atoms with Gasteiger partial charge >= 0.3 is 6.03 Å². The summed E-state index contributed by atoms with van der Waals surface area (Å²) >= 11 is 0. The fourth-order valence-corrected chi connectivity index (χ4v) is 3.76. The van der Waals surface area contributed by atoms with E-state index in [1.807, 2.05) is 29.6 Å². The topological polar surface area (TPSA) is 68.6 Å². The van der Waals surface area contributed by atoms with Crippen LogP contribution < -0.4 is 14.8 Å². The van der Waals surface area contributed by atoms with Crippen LogP contribution in [0.4, 0.5) is 4.79 Å². The van der Waals surface area contributed by atoms with Gasteiger partial charge in [0.1, 0.15) is 13.2 Å². The van der Waals surface area contributed by atoms with Crippen LogP contribution in [0.1, 0.15) is 37.3 Å². The Morgan fingerprint density at radius 2 is 2.11 bits per heavy atom. The molecule has 3 heterocycles. The quantitative estimate of drug-likeness (QED) is 0.794. The van der Waals surface area contributed by atoms with Gasteiger partial charge in [-0.1, -0.05) is 6.07 Å². The number of fused-ring (bicyclic) bond motifs is 1. The van der Waals surface area contributed by atoms with Crippen molar-refractivity contribution < 1.29 is 14.3 Å². The van der Waals surface area contributed by atoms with E-state index in [1.54, 1.807) is 6.20 Å². The van der Waals surface area contributed by atoms with Gasteiger partial charge in [0.2, 0.25) is 0 Å². The first-order valence-electron chi connectivity index (χ1n) is 9.71. The molecule has 0 aliphatic carbocycles. The highest BCUT2D eigenvalue weighted by atomic mass is 16.6. The molecule has 2 amide bonds. The van der Waals surface area contributed by atoms with Gasteiger partial charge in [0.15, 0.2) is 11.5 Å². The highest BCUT2D eigenvalue weighted by molar-refractivity contribution is 5.75. The Kier molecular flexibility index (Phi) is 5.46. The normalized spacial score (nSPS) is 18.5. The monoisotopic (exact) mass is 370 g/mol. The van der Waals surface area contributed by atoms with Crippen molar-refractivity contribution >= 4 is 6.03 Å². The number of imidazole rings is 1. The fourth-order valence-electron chi connectivity index (χ4n) is 3.76. The number of hydrogen-bond acceptors (Lipinski definition) is 4. The molecule has 1 aromatic carbocycles. The van der Waals surface area contributed by atoms with E-state index in [2.05, 4.69) is 20.9 Å². The maximum absolute atomic E-state index is 12.7. The van der Waals surface area contributed by atoms with Crippen molar-refractivity contribution in [3.63, 3.8) is 0 Å². The molecule has 1 saturated heterocycles. The first kappa shape index (κ1) is 17.7. The van der Waals surface area contributed by atoms with Gasteiger partial charge in [-0.05, 0) is 43.4 Å². The number of rotatable bonds is 6. The molecule has 2 aliphatic heterocycles. The Morgan fingerprint density at radius 1 is 1.22 bits per heavy atom. The molecule has 0 spiro atoms. The smallest absolute Gasteiger partial charge is 0.317 e. The second-order valence-electron chi connectivity index (χ2n) is 6.99. The van der Waals surface area contributed by atoms with Crippen LogP contribution in [0, 0.1) is 0 Å². The van der Waals surface area contributed by atoms with E-state index in [0.29, 0.717) is 19.8 Å². The average molecular weight is 370 g/mol.